The number of hydrogen-bond acceptors (Lipinski definition) is 2. The molecule has 0 aromatic carbocycles. The summed E-state index contributed by atoms with van der Waals surface area (Å²) in [4.78, 5) is 10.5. The Balaban J connectivity index is 2.55. The predicted molar refractivity (Wildman–Crippen MR) is 40.0 cm³/mol. The Bertz CT molecular complexity index is 205. The van der Waals surface area contributed by atoms with Crippen molar-refractivity contribution in [2.75, 3.05) is 0 Å². The molecule has 2 atom stereocenters. The van der Waals surface area contributed by atoms with E-state index in [2.05, 4.69) is 0 Å². The van der Waals surface area contributed by atoms with Crippen LogP contribution in [0.4, 0.5) is 0 Å². The van der Waals surface area contributed by atoms with E-state index in [0.717, 1.165) is 0 Å². The fraction of sp³-hybridized carbons (Fsp3) is 0.375. The quantitative estimate of drug-likeness (QED) is 0.649. The molecule has 0 saturated carbocycles. The standard InChI is InChI=1S/C8H10O3/c1-6(8(9)10)7-4-2-3-5-11-7/h2-7H,1H3,(H,9,10). The average molecular weight is 154 g/mol. The second-order valence-corrected chi connectivity index (χ2v) is 2.44. The molecule has 1 aliphatic rings. The summed E-state index contributed by atoms with van der Waals surface area (Å²) in [6.45, 7) is 1.62. The Morgan fingerprint density at radius 3 is 2.82 bits per heavy atom. The van der Waals surface area contributed by atoms with E-state index in [0.29, 0.717) is 0 Å². The van der Waals surface area contributed by atoms with Crippen LogP contribution in [0.15, 0.2) is 24.5 Å². The van der Waals surface area contributed by atoms with E-state index in [1.807, 2.05) is 0 Å². The third-order valence-electron chi connectivity index (χ3n) is 1.61. The highest BCUT2D eigenvalue weighted by Gasteiger charge is 2.22. The molecule has 0 fully saturated rings. The maximum Gasteiger partial charge on any atom is 0.310 e. The molecule has 1 rings (SSSR count). The molecule has 3 heteroatoms. The Hall–Kier alpha value is -1.25. The fourth-order valence-electron chi connectivity index (χ4n) is 0.826. The molecule has 0 saturated heterocycles. The molecule has 3 nitrogen and oxygen atoms in total. The summed E-state index contributed by atoms with van der Waals surface area (Å²) < 4.78 is 5.05. The summed E-state index contributed by atoms with van der Waals surface area (Å²) in [7, 11) is 0. The van der Waals surface area contributed by atoms with Gasteiger partial charge in [0.2, 0.25) is 0 Å². The molecule has 0 aromatic heterocycles. The van der Waals surface area contributed by atoms with E-state index in [4.69, 9.17) is 9.84 Å². The highest BCUT2D eigenvalue weighted by Crippen LogP contribution is 2.12. The molecule has 1 heterocycles. The van der Waals surface area contributed by atoms with E-state index < -0.39 is 11.9 Å². The summed E-state index contributed by atoms with van der Waals surface area (Å²) in [5.74, 6) is -1.33. The molecule has 1 N–H and O–H groups in total. The Labute approximate surface area is 65.0 Å². The lowest BCUT2D eigenvalue weighted by Crippen LogP contribution is -2.25. The van der Waals surface area contributed by atoms with Crippen LogP contribution in [0.2, 0.25) is 0 Å². The Morgan fingerprint density at radius 2 is 2.36 bits per heavy atom. The van der Waals surface area contributed by atoms with Crippen LogP contribution in [0.3, 0.4) is 0 Å². The fourth-order valence-corrected chi connectivity index (χ4v) is 0.826. The largest absolute Gasteiger partial charge is 0.493 e. The van der Waals surface area contributed by atoms with Crippen LogP contribution in [0, 0.1) is 5.92 Å². The normalized spacial score (nSPS) is 24.3. The summed E-state index contributed by atoms with van der Waals surface area (Å²) in [5, 5.41) is 8.60. The van der Waals surface area contributed by atoms with Gasteiger partial charge < -0.3 is 9.84 Å². The molecule has 0 aliphatic carbocycles. The molecule has 60 valence electrons. The molecular weight excluding hydrogens is 144 g/mol. The van der Waals surface area contributed by atoms with Gasteiger partial charge in [-0.25, -0.2) is 0 Å². The lowest BCUT2D eigenvalue weighted by Gasteiger charge is -2.18. The molecule has 1 aliphatic heterocycles. The monoisotopic (exact) mass is 154 g/mol. The lowest BCUT2D eigenvalue weighted by atomic mass is 10.0. The summed E-state index contributed by atoms with van der Waals surface area (Å²) in [6.07, 6.45) is 6.43. The zero-order valence-corrected chi connectivity index (χ0v) is 6.23. The van der Waals surface area contributed by atoms with Gasteiger partial charge in [0.15, 0.2) is 0 Å². The first-order valence-corrected chi connectivity index (χ1v) is 3.43. The van der Waals surface area contributed by atoms with Gasteiger partial charge in [0.05, 0.1) is 12.2 Å². The Morgan fingerprint density at radius 1 is 1.64 bits per heavy atom. The van der Waals surface area contributed by atoms with E-state index in [1.54, 1.807) is 25.2 Å². The van der Waals surface area contributed by atoms with Crippen LogP contribution in [0.5, 0.6) is 0 Å². The predicted octanol–water partition coefficient (Wildman–Crippen LogP) is 1.18. The molecule has 11 heavy (non-hydrogen) atoms. The smallest absolute Gasteiger partial charge is 0.310 e. The van der Waals surface area contributed by atoms with E-state index in [9.17, 15) is 4.79 Å². The zero-order chi connectivity index (χ0) is 8.27. The topological polar surface area (TPSA) is 46.5 Å². The maximum absolute atomic E-state index is 10.5. The number of rotatable bonds is 2. The average Bonchev–Trinajstić information content (AvgIpc) is 2.05. The highest BCUT2D eigenvalue weighted by atomic mass is 16.5. The second-order valence-electron chi connectivity index (χ2n) is 2.44. The number of ether oxygens (including phenoxy) is 1. The summed E-state index contributed by atoms with van der Waals surface area (Å²) >= 11 is 0. The third kappa shape index (κ3) is 1.83. The molecule has 0 amide bonds. The Kier molecular flexibility index (Phi) is 2.31. The van der Waals surface area contributed by atoms with Crippen molar-refractivity contribution >= 4 is 5.97 Å². The third-order valence-corrected chi connectivity index (χ3v) is 1.61. The van der Waals surface area contributed by atoms with Crippen molar-refractivity contribution in [2.24, 2.45) is 5.92 Å². The van der Waals surface area contributed by atoms with Crippen molar-refractivity contribution in [2.45, 2.75) is 13.0 Å². The van der Waals surface area contributed by atoms with E-state index >= 15 is 0 Å². The van der Waals surface area contributed by atoms with Crippen LogP contribution in [-0.2, 0) is 9.53 Å². The van der Waals surface area contributed by atoms with E-state index in [-0.39, 0.29) is 6.10 Å². The highest BCUT2D eigenvalue weighted by molar-refractivity contribution is 5.70. The van der Waals surface area contributed by atoms with Crippen LogP contribution >= 0.6 is 0 Å². The van der Waals surface area contributed by atoms with Gasteiger partial charge >= 0.3 is 5.97 Å². The minimum atomic E-state index is -0.838. The van der Waals surface area contributed by atoms with Crippen LogP contribution < -0.4 is 0 Å². The number of carbonyl (C=O) groups is 1. The van der Waals surface area contributed by atoms with Crippen molar-refractivity contribution in [3.05, 3.63) is 24.5 Å². The van der Waals surface area contributed by atoms with Gasteiger partial charge in [-0.2, -0.15) is 0 Å². The van der Waals surface area contributed by atoms with Crippen LogP contribution in [-0.4, -0.2) is 17.2 Å². The summed E-state index contributed by atoms with van der Waals surface area (Å²) in [5.41, 5.74) is 0. The lowest BCUT2D eigenvalue weighted by molar-refractivity contribution is -0.143. The molecule has 2 unspecified atom stereocenters. The van der Waals surface area contributed by atoms with Crippen molar-refractivity contribution in [3.63, 3.8) is 0 Å². The number of carboxylic acids is 1. The number of aliphatic carboxylic acids is 1. The molecule has 0 spiro atoms. The first kappa shape index (κ1) is 7.85. The number of hydrogen-bond donors (Lipinski definition) is 1. The van der Waals surface area contributed by atoms with Gasteiger partial charge in [0.25, 0.3) is 0 Å². The minimum absolute atomic E-state index is 0.322. The van der Waals surface area contributed by atoms with Crippen LogP contribution in [0.25, 0.3) is 0 Å². The first-order chi connectivity index (χ1) is 5.22. The molecular formula is C8H10O3. The van der Waals surface area contributed by atoms with Gasteiger partial charge in [-0.1, -0.05) is 6.08 Å². The second kappa shape index (κ2) is 3.23. The van der Waals surface area contributed by atoms with Gasteiger partial charge in [0, 0.05) is 0 Å². The molecule has 0 aromatic rings. The number of carboxylic acid groups (broad SMARTS) is 1. The molecule has 0 bridgehead atoms. The van der Waals surface area contributed by atoms with Crippen LogP contribution in [0.1, 0.15) is 6.92 Å². The van der Waals surface area contributed by atoms with Crippen molar-refractivity contribution < 1.29 is 14.6 Å². The van der Waals surface area contributed by atoms with E-state index in [1.165, 1.54) is 6.26 Å². The minimum Gasteiger partial charge on any atom is -0.493 e. The van der Waals surface area contributed by atoms with Gasteiger partial charge in [0.1, 0.15) is 6.10 Å². The van der Waals surface area contributed by atoms with Crippen molar-refractivity contribution in [3.8, 4) is 0 Å². The first-order valence-electron chi connectivity index (χ1n) is 3.43. The van der Waals surface area contributed by atoms with Gasteiger partial charge in [-0.05, 0) is 19.1 Å². The SMILES string of the molecule is CC(C(=O)O)C1C=CC=CO1. The van der Waals surface area contributed by atoms with Gasteiger partial charge in [-0.15, -0.1) is 0 Å². The zero-order valence-electron chi connectivity index (χ0n) is 6.23. The van der Waals surface area contributed by atoms with Crippen molar-refractivity contribution in [1.29, 1.82) is 0 Å². The number of allylic oxidation sites excluding steroid dienone is 2. The molecule has 0 radical (unpaired) electrons. The van der Waals surface area contributed by atoms with Crippen molar-refractivity contribution in [1.82, 2.24) is 0 Å². The maximum atomic E-state index is 10.5. The summed E-state index contributed by atoms with van der Waals surface area (Å²) in [6, 6.07) is 0. The van der Waals surface area contributed by atoms with Gasteiger partial charge in [-0.3, -0.25) is 4.79 Å².